The molecule has 0 aliphatic carbocycles. The van der Waals surface area contributed by atoms with E-state index in [9.17, 15) is 48.3 Å². The largest absolute Gasteiger partial charge is 0.508 e. The Morgan fingerprint density at radius 3 is 1.62 bits per heavy atom. The lowest BCUT2D eigenvalue weighted by Crippen LogP contribution is -2.72. The van der Waals surface area contributed by atoms with Gasteiger partial charge in [0, 0.05) is 38.6 Å². The minimum Gasteiger partial charge on any atom is -0.508 e. The molecule has 8 aliphatic heterocycles. The van der Waals surface area contributed by atoms with Crippen molar-refractivity contribution >= 4 is 53.2 Å². The maximum absolute atomic E-state index is 14.3. The lowest BCUT2D eigenvalue weighted by atomic mass is 9.87. The number of hydrogen-bond donors (Lipinski definition) is 8. The van der Waals surface area contributed by atoms with Gasteiger partial charge < -0.3 is 57.4 Å². The molecule has 8 saturated heterocycles. The normalized spacial score (nSPS) is 40.0. The molecule has 4 spiro atoms. The molecule has 8 heterocycles. The fourth-order valence-corrected chi connectivity index (χ4v) is 9.75. The number of carbonyl (C=O) groups is 9. The standard InChI is InChI=1S/C33H36N10O10/c34-21(45)17-6-30(10-35-17)27(51)42-12-32(8-19(42)23(47)38-30)29(53)43-13-33(9-20(43)25(49)40-32)28(52)41-11-31(7-18(41)24(48)39-33)26(50)36-16(22(46)37-31)5-14-1-3-15(44)4-2-14/h1-4,16-20,35,44H,5-13H2,(H2,34,45)(H,36,50)(H,37,46)(H,38,47)(H,39,48)(H,40,49)/t16-,17-,18+,19+,20-,30-,31+,32-,33+/m0/s1. The first-order valence-electron chi connectivity index (χ1n) is 17.4. The second-order valence-electron chi connectivity index (χ2n) is 15.7. The number of carbonyl (C=O) groups excluding carboxylic acids is 9. The summed E-state index contributed by atoms with van der Waals surface area (Å²) in [4.78, 5) is 126. The van der Waals surface area contributed by atoms with Crippen molar-refractivity contribution in [2.24, 2.45) is 5.73 Å². The van der Waals surface area contributed by atoms with Crippen molar-refractivity contribution < 1.29 is 48.3 Å². The van der Waals surface area contributed by atoms with E-state index in [1.54, 1.807) is 12.1 Å². The van der Waals surface area contributed by atoms with Crippen molar-refractivity contribution in [3.05, 3.63) is 29.8 Å². The summed E-state index contributed by atoms with van der Waals surface area (Å²) in [5, 5.41) is 26.1. The number of piperazine rings is 4. The Kier molecular flexibility index (Phi) is 6.64. The van der Waals surface area contributed by atoms with E-state index in [1.807, 2.05) is 0 Å². The zero-order chi connectivity index (χ0) is 37.4. The number of phenolic OH excluding ortho intramolecular Hbond substituents is 1. The summed E-state index contributed by atoms with van der Waals surface area (Å²) in [6.45, 7) is -1.07. The van der Waals surface area contributed by atoms with Crippen LogP contribution in [0.4, 0.5) is 0 Å². The van der Waals surface area contributed by atoms with E-state index in [-0.39, 0.29) is 64.0 Å². The number of nitrogens with zero attached hydrogens (tertiary/aromatic N) is 3. The third-order valence-electron chi connectivity index (χ3n) is 12.4. The summed E-state index contributed by atoms with van der Waals surface area (Å²) in [5.41, 5.74) is -0.351. The number of nitrogens with one attached hydrogen (secondary N) is 6. The summed E-state index contributed by atoms with van der Waals surface area (Å²) < 4.78 is 0. The molecule has 0 saturated carbocycles. The molecule has 20 heteroatoms. The van der Waals surface area contributed by atoms with Crippen LogP contribution in [0.15, 0.2) is 24.3 Å². The molecular formula is C33H36N10O10. The van der Waals surface area contributed by atoms with Crippen LogP contribution in [0.2, 0.25) is 0 Å². The monoisotopic (exact) mass is 732 g/mol. The molecule has 0 bridgehead atoms. The Morgan fingerprint density at radius 2 is 1.11 bits per heavy atom. The zero-order valence-electron chi connectivity index (χ0n) is 28.1. The maximum Gasteiger partial charge on any atom is 0.251 e. The van der Waals surface area contributed by atoms with Gasteiger partial charge in [0.25, 0.3) is 17.7 Å². The van der Waals surface area contributed by atoms with E-state index in [1.165, 1.54) is 26.8 Å². The quantitative estimate of drug-likeness (QED) is 0.145. The van der Waals surface area contributed by atoms with Gasteiger partial charge in [-0.05, 0) is 17.7 Å². The highest BCUT2D eigenvalue weighted by atomic mass is 16.3. The summed E-state index contributed by atoms with van der Waals surface area (Å²) >= 11 is 0. The average molecular weight is 733 g/mol. The van der Waals surface area contributed by atoms with Crippen molar-refractivity contribution in [1.29, 1.82) is 0 Å². The van der Waals surface area contributed by atoms with E-state index in [0.29, 0.717) is 5.56 Å². The summed E-state index contributed by atoms with van der Waals surface area (Å²) in [6, 6.07) is 1.03. The van der Waals surface area contributed by atoms with Gasteiger partial charge in [-0.2, -0.15) is 0 Å². The number of phenols is 1. The number of primary amides is 1. The molecule has 0 aromatic heterocycles. The van der Waals surface area contributed by atoms with Crippen LogP contribution >= 0.6 is 0 Å². The molecule has 9 amide bonds. The number of amides is 9. The third kappa shape index (κ3) is 4.53. The first-order chi connectivity index (χ1) is 25.1. The second kappa shape index (κ2) is 10.6. The van der Waals surface area contributed by atoms with Crippen LogP contribution < -0.4 is 37.6 Å². The molecule has 9 rings (SSSR count). The second-order valence-corrected chi connectivity index (χ2v) is 15.7. The fourth-order valence-electron chi connectivity index (χ4n) is 9.75. The predicted octanol–water partition coefficient (Wildman–Crippen LogP) is -6.46. The summed E-state index contributed by atoms with van der Waals surface area (Å²) in [7, 11) is 0. The van der Waals surface area contributed by atoms with Crippen molar-refractivity contribution in [2.75, 3.05) is 26.2 Å². The van der Waals surface area contributed by atoms with E-state index in [0.717, 1.165) is 0 Å². The summed E-state index contributed by atoms with van der Waals surface area (Å²) in [6.07, 6.45) is -0.612. The van der Waals surface area contributed by atoms with Crippen molar-refractivity contribution in [1.82, 2.24) is 46.6 Å². The molecular weight excluding hydrogens is 696 g/mol. The number of nitrogens with two attached hydrogens (primary N) is 1. The maximum atomic E-state index is 14.3. The average Bonchev–Trinajstić information content (AvgIpc) is 3.90. The van der Waals surface area contributed by atoms with Crippen molar-refractivity contribution in [2.45, 2.75) is 84.5 Å². The van der Waals surface area contributed by atoms with Gasteiger partial charge in [0.1, 0.15) is 52.1 Å². The van der Waals surface area contributed by atoms with Gasteiger partial charge >= 0.3 is 0 Å². The smallest absolute Gasteiger partial charge is 0.251 e. The van der Waals surface area contributed by atoms with Crippen LogP contribution in [0.3, 0.4) is 0 Å². The molecule has 0 unspecified atom stereocenters. The van der Waals surface area contributed by atoms with Crippen LogP contribution in [-0.4, -0.2) is 152 Å². The molecule has 1 aromatic carbocycles. The molecule has 8 aliphatic rings. The molecule has 9 atom stereocenters. The van der Waals surface area contributed by atoms with Crippen LogP contribution in [0, 0.1) is 0 Å². The summed E-state index contributed by atoms with van der Waals surface area (Å²) in [5.74, 6) is -5.25. The van der Waals surface area contributed by atoms with Gasteiger partial charge in [-0.3, -0.25) is 43.2 Å². The first kappa shape index (κ1) is 33.1. The molecule has 278 valence electrons. The van der Waals surface area contributed by atoms with Gasteiger partial charge in [0.15, 0.2) is 0 Å². The van der Waals surface area contributed by atoms with Crippen LogP contribution in [0.5, 0.6) is 5.75 Å². The van der Waals surface area contributed by atoms with Crippen molar-refractivity contribution in [3.8, 4) is 5.75 Å². The van der Waals surface area contributed by atoms with Crippen LogP contribution in [0.1, 0.15) is 31.2 Å². The van der Waals surface area contributed by atoms with E-state index in [2.05, 4.69) is 31.9 Å². The van der Waals surface area contributed by atoms with Gasteiger partial charge in [-0.1, -0.05) is 12.1 Å². The van der Waals surface area contributed by atoms with Gasteiger partial charge in [0.05, 0.1) is 25.7 Å². The van der Waals surface area contributed by atoms with Gasteiger partial charge in [-0.15, -0.1) is 0 Å². The first-order valence-corrected chi connectivity index (χ1v) is 17.4. The van der Waals surface area contributed by atoms with E-state index < -0.39 is 106 Å². The highest BCUT2D eigenvalue weighted by Gasteiger charge is 2.70. The Morgan fingerprint density at radius 1 is 0.660 bits per heavy atom. The SMILES string of the molecule is NC(=O)[C@@H]1C[C@@]2(CN1)NC(=O)[C@H]1C[C@@]3(CN1C2=O)NC(=O)[C@@H]1C[C@]2(CN1C3=O)NC(=O)[C@H]1C[C@]3(CN1C2=O)NC(=O)[C@H](Cc1ccc(O)cc1)NC3=O. The minimum atomic E-state index is -1.72. The van der Waals surface area contributed by atoms with Gasteiger partial charge in [0.2, 0.25) is 35.4 Å². The lowest BCUT2D eigenvalue weighted by Gasteiger charge is -2.42. The Labute approximate surface area is 299 Å². The number of fused-ring (bicyclic) bond motifs is 3. The Hall–Kier alpha value is -5.79. The van der Waals surface area contributed by atoms with E-state index in [4.69, 9.17) is 5.73 Å². The van der Waals surface area contributed by atoms with Crippen molar-refractivity contribution in [3.63, 3.8) is 0 Å². The topological polar surface area (TPSA) is 282 Å². The highest BCUT2D eigenvalue weighted by Crippen LogP contribution is 2.44. The molecule has 9 N–H and O–H groups in total. The predicted molar refractivity (Wildman–Crippen MR) is 173 cm³/mol. The Balaban J connectivity index is 0.925. The minimum absolute atomic E-state index is 0.0489. The Bertz CT molecular complexity index is 1980. The number of benzene rings is 1. The molecule has 53 heavy (non-hydrogen) atoms. The number of rotatable bonds is 3. The van der Waals surface area contributed by atoms with Crippen LogP contribution in [0.25, 0.3) is 0 Å². The van der Waals surface area contributed by atoms with Gasteiger partial charge in [-0.25, -0.2) is 0 Å². The highest BCUT2D eigenvalue weighted by molar-refractivity contribution is 6.09. The third-order valence-corrected chi connectivity index (χ3v) is 12.4. The number of hydrogen-bond acceptors (Lipinski definition) is 11. The molecule has 0 radical (unpaired) electrons. The molecule has 8 fully saturated rings. The number of aromatic hydroxyl groups is 1. The lowest BCUT2D eigenvalue weighted by molar-refractivity contribution is -0.154. The van der Waals surface area contributed by atoms with E-state index >= 15 is 0 Å². The zero-order valence-corrected chi connectivity index (χ0v) is 28.1. The fraction of sp³-hybridized carbons (Fsp3) is 0.545. The molecule has 1 aromatic rings. The molecule has 20 nitrogen and oxygen atoms in total. The van der Waals surface area contributed by atoms with Crippen LogP contribution in [-0.2, 0) is 49.6 Å².